The molecule has 1 aliphatic heterocycles. The van der Waals surface area contributed by atoms with Gasteiger partial charge >= 0.3 is 0 Å². The zero-order chi connectivity index (χ0) is 34.8. The van der Waals surface area contributed by atoms with Gasteiger partial charge in [0.1, 0.15) is 12.4 Å². The highest BCUT2D eigenvalue weighted by Gasteiger charge is 2.26. The lowest BCUT2D eigenvalue weighted by molar-refractivity contribution is -0.137. The first-order valence-electron chi connectivity index (χ1n) is 15.5. The molecule has 0 fully saturated rings. The summed E-state index contributed by atoms with van der Waals surface area (Å²) in [5, 5.41) is 20.5. The molecule has 6 amide bonds. The van der Waals surface area contributed by atoms with Gasteiger partial charge in [0.2, 0.25) is 23.6 Å². The molecule has 0 spiro atoms. The number of carbonyl (C=O) groups excluding carboxylic acids is 7. The number of rotatable bonds is 22. The van der Waals surface area contributed by atoms with E-state index in [1.165, 1.54) is 13.8 Å². The number of nitrogens with one attached hydrogen (secondary N) is 4. The molecule has 1 aromatic carbocycles. The number of aliphatic hydroxyl groups excluding tert-OH is 1. The quantitative estimate of drug-likeness (QED) is 0.0852. The molecule has 0 bridgehead atoms. The molecule has 0 unspecified atom stereocenters. The smallest absolute Gasteiger partial charge is 0.253 e. The third-order valence-electron chi connectivity index (χ3n) is 7.10. The normalized spacial score (nSPS) is 13.6. The minimum Gasteiger partial charge on any atom is -0.491 e. The number of amides is 6. The van der Waals surface area contributed by atoms with E-state index in [1.807, 2.05) is 0 Å². The van der Waals surface area contributed by atoms with Crippen molar-refractivity contribution < 1.29 is 48.1 Å². The first kappa shape index (κ1) is 38.6. The van der Waals surface area contributed by atoms with Crippen molar-refractivity contribution in [2.45, 2.75) is 65.5 Å². The zero-order valence-electron chi connectivity index (χ0n) is 27.1. The number of ether oxygens (including phenoxy) is 2. The highest BCUT2D eigenvalue weighted by atomic mass is 16.5. The van der Waals surface area contributed by atoms with Crippen LogP contribution in [0.2, 0.25) is 0 Å². The Hall–Kier alpha value is -4.63. The number of hydrogen-bond acceptors (Lipinski definition) is 10. The number of nitrogens with zero attached hydrogens (tertiary/aromatic N) is 1. The Morgan fingerprint density at radius 1 is 0.915 bits per heavy atom. The van der Waals surface area contributed by atoms with Crippen molar-refractivity contribution in [2.24, 2.45) is 5.92 Å². The van der Waals surface area contributed by atoms with E-state index in [2.05, 4.69) is 21.3 Å². The molecule has 0 aromatic heterocycles. The molecule has 0 saturated carbocycles. The van der Waals surface area contributed by atoms with Gasteiger partial charge in [-0.3, -0.25) is 38.5 Å². The molecule has 0 aliphatic carbocycles. The molecule has 1 aliphatic rings. The van der Waals surface area contributed by atoms with Crippen LogP contribution in [0.15, 0.2) is 30.4 Å². The minimum atomic E-state index is -0.749. The summed E-state index contributed by atoms with van der Waals surface area (Å²) in [6, 6.07) is 4.02. The number of ketones is 1. The van der Waals surface area contributed by atoms with Crippen LogP contribution in [-0.4, -0.2) is 96.7 Å². The zero-order valence-corrected chi connectivity index (χ0v) is 27.1. The molecule has 5 N–H and O–H groups in total. The topological polar surface area (TPSA) is 210 Å². The van der Waals surface area contributed by atoms with Gasteiger partial charge in [0.15, 0.2) is 5.78 Å². The summed E-state index contributed by atoms with van der Waals surface area (Å²) in [5.41, 5.74) is 0.874. The molecule has 15 nitrogen and oxygen atoms in total. The predicted octanol–water partition coefficient (Wildman–Crippen LogP) is 0.351. The van der Waals surface area contributed by atoms with Gasteiger partial charge in [-0.1, -0.05) is 12.5 Å². The Kier molecular flexibility index (Phi) is 16.8. The Labute approximate surface area is 273 Å². The molecule has 0 saturated heterocycles. The SMILES string of the molecule is CC(=O)NCCCC[C@H](CC(=O)[C@H](C)NC(C)=O)C(=O)Nc1ccc(CO)c(OCCOCCNC(=O)CCN2C(=O)C=CC2=O)c1. The maximum Gasteiger partial charge on any atom is 0.253 e. The van der Waals surface area contributed by atoms with Gasteiger partial charge in [0, 0.05) is 81.7 Å². The molecular weight excluding hydrogens is 614 g/mol. The molecule has 258 valence electrons. The van der Waals surface area contributed by atoms with Gasteiger partial charge < -0.3 is 35.8 Å². The summed E-state index contributed by atoms with van der Waals surface area (Å²) in [4.78, 5) is 84.6. The van der Waals surface area contributed by atoms with Crippen molar-refractivity contribution in [1.82, 2.24) is 20.9 Å². The number of aliphatic hydroxyl groups is 1. The third-order valence-corrected chi connectivity index (χ3v) is 7.10. The Morgan fingerprint density at radius 3 is 2.30 bits per heavy atom. The number of carbonyl (C=O) groups is 7. The van der Waals surface area contributed by atoms with Crippen LogP contribution in [-0.2, 0) is 44.9 Å². The van der Waals surface area contributed by atoms with Crippen molar-refractivity contribution in [3.63, 3.8) is 0 Å². The lowest BCUT2D eigenvalue weighted by atomic mass is 9.92. The van der Waals surface area contributed by atoms with Gasteiger partial charge in [-0.25, -0.2) is 0 Å². The number of Topliss-reactive ketones (excluding diaryl/α,β-unsaturated/α-hetero) is 1. The van der Waals surface area contributed by atoms with Gasteiger partial charge in [0.25, 0.3) is 11.8 Å². The monoisotopic (exact) mass is 659 g/mol. The van der Waals surface area contributed by atoms with E-state index in [1.54, 1.807) is 25.1 Å². The molecule has 2 atom stereocenters. The van der Waals surface area contributed by atoms with Crippen LogP contribution >= 0.6 is 0 Å². The Bertz CT molecular complexity index is 1300. The molecule has 1 heterocycles. The highest BCUT2D eigenvalue weighted by Crippen LogP contribution is 2.25. The average Bonchev–Trinajstić information content (AvgIpc) is 3.34. The van der Waals surface area contributed by atoms with Crippen molar-refractivity contribution in [3.8, 4) is 5.75 Å². The van der Waals surface area contributed by atoms with E-state index in [-0.39, 0.29) is 75.9 Å². The standard InChI is InChI=1S/C32H45N5O10/c1-21(35-23(3)40)27(41)18-24(6-4-5-12-33-22(2)39)32(45)36-26-8-7-25(20-38)28(19-26)47-17-16-46-15-13-34-29(42)11-14-37-30(43)9-10-31(37)44/h7-10,19,21,24,38H,4-6,11-18,20H2,1-3H3,(H,33,39)(H,34,42)(H,35,40)(H,36,45)/t21-,24+/m0/s1. The fourth-order valence-electron chi connectivity index (χ4n) is 4.58. The fourth-order valence-corrected chi connectivity index (χ4v) is 4.58. The van der Waals surface area contributed by atoms with E-state index >= 15 is 0 Å². The lowest BCUT2D eigenvalue weighted by Gasteiger charge is -2.19. The molecule has 2 rings (SSSR count). The van der Waals surface area contributed by atoms with Crippen molar-refractivity contribution in [2.75, 3.05) is 44.8 Å². The van der Waals surface area contributed by atoms with Crippen molar-refractivity contribution in [3.05, 3.63) is 35.9 Å². The van der Waals surface area contributed by atoms with Crippen LogP contribution in [0, 0.1) is 5.92 Å². The first-order chi connectivity index (χ1) is 22.4. The minimum absolute atomic E-state index is 0.00553. The van der Waals surface area contributed by atoms with Crippen LogP contribution in [0.4, 0.5) is 5.69 Å². The van der Waals surface area contributed by atoms with E-state index in [4.69, 9.17) is 9.47 Å². The van der Waals surface area contributed by atoms with Gasteiger partial charge in [-0.2, -0.15) is 0 Å². The number of imide groups is 1. The highest BCUT2D eigenvalue weighted by molar-refractivity contribution is 6.13. The van der Waals surface area contributed by atoms with Gasteiger partial charge in [-0.05, 0) is 25.8 Å². The second kappa shape index (κ2) is 20.5. The molecule has 1 aromatic rings. The second-order valence-electron chi connectivity index (χ2n) is 11.0. The number of hydrogen-bond donors (Lipinski definition) is 5. The van der Waals surface area contributed by atoms with Crippen molar-refractivity contribution >= 4 is 46.9 Å². The van der Waals surface area contributed by atoms with Crippen LogP contribution in [0.3, 0.4) is 0 Å². The second-order valence-corrected chi connectivity index (χ2v) is 11.0. The van der Waals surface area contributed by atoms with Crippen LogP contribution in [0.5, 0.6) is 5.75 Å². The fraction of sp³-hybridized carbons (Fsp3) is 0.531. The summed E-state index contributed by atoms with van der Waals surface area (Å²) in [5.74, 6) is -2.76. The van der Waals surface area contributed by atoms with Gasteiger partial charge in [-0.15, -0.1) is 0 Å². The third kappa shape index (κ3) is 14.6. The summed E-state index contributed by atoms with van der Waals surface area (Å²) in [7, 11) is 0. The summed E-state index contributed by atoms with van der Waals surface area (Å²) in [6.07, 6.45) is 3.80. The lowest BCUT2D eigenvalue weighted by Crippen LogP contribution is -2.39. The number of unbranched alkanes of at least 4 members (excludes halogenated alkanes) is 1. The van der Waals surface area contributed by atoms with E-state index in [0.717, 1.165) is 17.1 Å². The van der Waals surface area contributed by atoms with Crippen molar-refractivity contribution in [1.29, 1.82) is 0 Å². The maximum atomic E-state index is 13.3. The molecular formula is C32H45N5O10. The number of anilines is 1. The summed E-state index contributed by atoms with van der Waals surface area (Å²) in [6.45, 7) is 5.09. The van der Waals surface area contributed by atoms with E-state index in [9.17, 15) is 38.7 Å². The molecule has 47 heavy (non-hydrogen) atoms. The summed E-state index contributed by atoms with van der Waals surface area (Å²) < 4.78 is 11.3. The average molecular weight is 660 g/mol. The first-order valence-corrected chi connectivity index (χ1v) is 15.5. The maximum absolute atomic E-state index is 13.3. The van der Waals surface area contributed by atoms with Crippen LogP contribution in [0.25, 0.3) is 0 Å². The Morgan fingerprint density at radius 2 is 1.64 bits per heavy atom. The predicted molar refractivity (Wildman–Crippen MR) is 170 cm³/mol. The van der Waals surface area contributed by atoms with Crippen LogP contribution < -0.4 is 26.0 Å². The molecule has 15 heteroatoms. The van der Waals surface area contributed by atoms with Gasteiger partial charge in [0.05, 0.1) is 25.9 Å². The van der Waals surface area contributed by atoms with E-state index in [0.29, 0.717) is 42.8 Å². The van der Waals surface area contributed by atoms with Crippen LogP contribution in [0.1, 0.15) is 58.4 Å². The molecule has 0 radical (unpaired) electrons. The Balaban J connectivity index is 1.84. The largest absolute Gasteiger partial charge is 0.491 e. The number of benzene rings is 1. The summed E-state index contributed by atoms with van der Waals surface area (Å²) >= 11 is 0. The van der Waals surface area contributed by atoms with E-state index < -0.39 is 29.7 Å².